The number of hydrogen-bond donors (Lipinski definition) is 1. The van der Waals surface area contributed by atoms with Crippen LogP contribution in [0.5, 0.6) is 0 Å². The Kier molecular flexibility index (Phi) is 6.15. The van der Waals surface area contributed by atoms with E-state index in [0.29, 0.717) is 11.8 Å². The lowest BCUT2D eigenvalue weighted by molar-refractivity contribution is -0.119. The van der Waals surface area contributed by atoms with Gasteiger partial charge in [0.25, 0.3) is 0 Å². The first-order valence-electron chi connectivity index (χ1n) is 8.90. The molecule has 1 aliphatic rings. The van der Waals surface area contributed by atoms with Gasteiger partial charge in [0, 0.05) is 37.2 Å². The van der Waals surface area contributed by atoms with E-state index in [0.717, 1.165) is 43.3 Å². The Hall–Kier alpha value is -1.79. The van der Waals surface area contributed by atoms with Crippen molar-refractivity contribution in [3.8, 4) is 5.69 Å². The highest BCUT2D eigenvalue weighted by atomic mass is 32.2. The molecule has 134 valence electrons. The van der Waals surface area contributed by atoms with E-state index in [4.69, 9.17) is 0 Å². The number of thioether (sulfide) groups is 1. The Morgan fingerprint density at radius 1 is 1.36 bits per heavy atom. The van der Waals surface area contributed by atoms with E-state index >= 15 is 0 Å². The molecule has 0 bridgehead atoms. The fraction of sp³-hybridized carbons (Fsp3) is 0.474. The summed E-state index contributed by atoms with van der Waals surface area (Å²) in [5, 5.41) is 4.02. The van der Waals surface area contributed by atoms with E-state index in [1.54, 1.807) is 6.20 Å². The quantitative estimate of drug-likeness (QED) is 0.807. The molecule has 1 aliphatic heterocycles. The molecule has 1 saturated heterocycles. The average Bonchev–Trinajstić information content (AvgIpc) is 3.09. The summed E-state index contributed by atoms with van der Waals surface area (Å²) in [6, 6.07) is 8.60. The Morgan fingerprint density at radius 2 is 2.16 bits per heavy atom. The van der Waals surface area contributed by atoms with Crippen molar-refractivity contribution in [1.82, 2.24) is 19.8 Å². The van der Waals surface area contributed by atoms with Crippen LogP contribution >= 0.6 is 11.8 Å². The van der Waals surface area contributed by atoms with E-state index in [1.807, 2.05) is 16.8 Å². The summed E-state index contributed by atoms with van der Waals surface area (Å²) < 4.78 is 2.03. The van der Waals surface area contributed by atoms with Gasteiger partial charge in [-0.2, -0.15) is 0 Å². The topological polar surface area (TPSA) is 50.2 Å². The molecule has 6 heteroatoms. The predicted octanol–water partition coefficient (Wildman–Crippen LogP) is 2.87. The van der Waals surface area contributed by atoms with Crippen LogP contribution in [0.25, 0.3) is 5.69 Å². The highest BCUT2D eigenvalue weighted by molar-refractivity contribution is 7.99. The monoisotopic (exact) mass is 358 g/mol. The molecular formula is C19H26N4OS. The van der Waals surface area contributed by atoms with Gasteiger partial charge in [-0.3, -0.25) is 9.36 Å². The number of carbonyl (C=O) groups is 1. The maximum absolute atomic E-state index is 12.3. The first kappa shape index (κ1) is 18.0. The largest absolute Gasteiger partial charge is 0.353 e. The highest BCUT2D eigenvalue weighted by Gasteiger charge is 2.20. The third-order valence-electron chi connectivity index (χ3n) is 4.62. The number of carbonyl (C=O) groups excluding carboxylic acids is 1. The molecule has 1 N–H and O–H groups in total. The van der Waals surface area contributed by atoms with E-state index in [2.05, 4.69) is 47.2 Å². The number of amides is 1. The van der Waals surface area contributed by atoms with Gasteiger partial charge < -0.3 is 10.2 Å². The maximum Gasteiger partial charge on any atom is 0.230 e. The van der Waals surface area contributed by atoms with Crippen molar-refractivity contribution in [2.45, 2.75) is 37.9 Å². The zero-order valence-corrected chi connectivity index (χ0v) is 15.8. The number of likely N-dealkylation sites (tertiary alicyclic amines) is 1. The van der Waals surface area contributed by atoms with Gasteiger partial charge in [-0.05, 0) is 44.0 Å². The smallest absolute Gasteiger partial charge is 0.230 e. The van der Waals surface area contributed by atoms with E-state index in [9.17, 15) is 4.79 Å². The standard InChI is InChI=1S/C19H26N4OS/c1-3-22-10-7-16(8-11-22)21-18(24)14-25-19-20-9-12-23(19)17-6-4-5-15(2)13-17/h4-6,9,12-13,16H,3,7-8,10-11,14H2,1-2H3,(H,21,24). The van der Waals surface area contributed by atoms with Gasteiger partial charge in [0.1, 0.15) is 0 Å². The van der Waals surface area contributed by atoms with E-state index in [-0.39, 0.29) is 5.91 Å². The number of benzene rings is 1. The van der Waals surface area contributed by atoms with Crippen molar-refractivity contribution in [3.05, 3.63) is 42.2 Å². The number of nitrogens with zero attached hydrogens (tertiary/aromatic N) is 3. The normalized spacial score (nSPS) is 16.1. The summed E-state index contributed by atoms with van der Waals surface area (Å²) >= 11 is 1.49. The average molecular weight is 359 g/mol. The van der Waals surface area contributed by atoms with Crippen LogP contribution in [0.4, 0.5) is 0 Å². The van der Waals surface area contributed by atoms with Crippen LogP contribution < -0.4 is 5.32 Å². The summed E-state index contributed by atoms with van der Waals surface area (Å²) in [4.78, 5) is 19.1. The van der Waals surface area contributed by atoms with Gasteiger partial charge in [0.2, 0.25) is 5.91 Å². The molecule has 25 heavy (non-hydrogen) atoms. The van der Waals surface area contributed by atoms with Crippen LogP contribution in [-0.2, 0) is 4.79 Å². The fourth-order valence-electron chi connectivity index (χ4n) is 3.16. The van der Waals surface area contributed by atoms with Gasteiger partial charge in [-0.1, -0.05) is 30.8 Å². The van der Waals surface area contributed by atoms with E-state index < -0.39 is 0 Å². The molecule has 1 fully saturated rings. The summed E-state index contributed by atoms with van der Waals surface area (Å²) in [7, 11) is 0. The van der Waals surface area contributed by atoms with Crippen molar-refractivity contribution >= 4 is 17.7 Å². The van der Waals surface area contributed by atoms with Crippen LogP contribution in [0.2, 0.25) is 0 Å². The van der Waals surface area contributed by atoms with Crippen molar-refractivity contribution in [2.24, 2.45) is 0 Å². The number of aromatic nitrogens is 2. The van der Waals surface area contributed by atoms with Crippen molar-refractivity contribution < 1.29 is 4.79 Å². The Labute approximate surface area is 153 Å². The molecule has 0 unspecified atom stereocenters. The van der Waals surface area contributed by atoms with Gasteiger partial charge in [0.05, 0.1) is 5.75 Å². The summed E-state index contributed by atoms with van der Waals surface area (Å²) in [5.41, 5.74) is 2.28. The van der Waals surface area contributed by atoms with Crippen molar-refractivity contribution in [2.75, 3.05) is 25.4 Å². The summed E-state index contributed by atoms with van der Waals surface area (Å²) in [6.07, 6.45) is 5.81. The third-order valence-corrected chi connectivity index (χ3v) is 5.59. The molecular weight excluding hydrogens is 332 g/mol. The molecule has 5 nitrogen and oxygen atoms in total. The van der Waals surface area contributed by atoms with Crippen LogP contribution in [0.1, 0.15) is 25.3 Å². The number of hydrogen-bond acceptors (Lipinski definition) is 4. The van der Waals surface area contributed by atoms with Crippen LogP contribution in [0.3, 0.4) is 0 Å². The van der Waals surface area contributed by atoms with Crippen molar-refractivity contribution in [3.63, 3.8) is 0 Å². The number of aryl methyl sites for hydroxylation is 1. The fourth-order valence-corrected chi connectivity index (χ4v) is 3.95. The minimum atomic E-state index is 0.0961. The number of imidazole rings is 1. The van der Waals surface area contributed by atoms with E-state index in [1.165, 1.54) is 17.3 Å². The van der Waals surface area contributed by atoms with Gasteiger partial charge in [0.15, 0.2) is 5.16 Å². The molecule has 1 aromatic heterocycles. The second kappa shape index (κ2) is 8.54. The zero-order valence-electron chi connectivity index (χ0n) is 14.9. The first-order valence-corrected chi connectivity index (χ1v) is 9.89. The van der Waals surface area contributed by atoms with Crippen molar-refractivity contribution in [1.29, 1.82) is 0 Å². The Morgan fingerprint density at radius 3 is 2.88 bits per heavy atom. The highest BCUT2D eigenvalue weighted by Crippen LogP contribution is 2.21. The molecule has 1 amide bonds. The van der Waals surface area contributed by atoms with Crippen LogP contribution in [-0.4, -0.2) is 51.8 Å². The lowest BCUT2D eigenvalue weighted by atomic mass is 10.1. The molecule has 0 atom stereocenters. The zero-order chi connectivity index (χ0) is 17.6. The van der Waals surface area contributed by atoms with Crippen LogP contribution in [0, 0.1) is 6.92 Å². The Bertz CT molecular complexity index is 707. The second-order valence-electron chi connectivity index (χ2n) is 6.48. The molecule has 1 aromatic carbocycles. The van der Waals surface area contributed by atoms with Gasteiger partial charge in [-0.15, -0.1) is 0 Å². The lowest BCUT2D eigenvalue weighted by Gasteiger charge is -2.31. The SMILES string of the molecule is CCN1CCC(NC(=O)CSc2nccn2-c2cccc(C)c2)CC1. The Balaban J connectivity index is 1.52. The lowest BCUT2D eigenvalue weighted by Crippen LogP contribution is -2.45. The molecule has 2 heterocycles. The summed E-state index contributed by atoms with van der Waals surface area (Å²) in [6.45, 7) is 7.51. The summed E-state index contributed by atoms with van der Waals surface area (Å²) in [5.74, 6) is 0.496. The molecule has 0 saturated carbocycles. The van der Waals surface area contributed by atoms with Crippen LogP contribution in [0.15, 0.2) is 41.8 Å². The number of rotatable bonds is 6. The number of piperidine rings is 1. The van der Waals surface area contributed by atoms with Gasteiger partial charge >= 0.3 is 0 Å². The maximum atomic E-state index is 12.3. The first-order chi connectivity index (χ1) is 12.2. The third kappa shape index (κ3) is 4.86. The minimum Gasteiger partial charge on any atom is -0.353 e. The number of nitrogens with one attached hydrogen (secondary N) is 1. The van der Waals surface area contributed by atoms with Gasteiger partial charge in [-0.25, -0.2) is 4.98 Å². The molecule has 0 aliphatic carbocycles. The minimum absolute atomic E-state index is 0.0961. The molecule has 0 radical (unpaired) electrons. The second-order valence-corrected chi connectivity index (χ2v) is 7.43. The predicted molar refractivity (Wildman–Crippen MR) is 102 cm³/mol. The molecule has 2 aromatic rings. The molecule has 3 rings (SSSR count). The molecule has 0 spiro atoms.